The number of amides is 1. The minimum atomic E-state index is -0.595. The number of aliphatic hydroxyl groups is 1. The normalized spacial score (nSPS) is 21.4. The summed E-state index contributed by atoms with van der Waals surface area (Å²) in [6, 6.07) is 31.4. The Labute approximate surface area is 301 Å². The zero-order valence-electron chi connectivity index (χ0n) is 29.0. The van der Waals surface area contributed by atoms with Crippen LogP contribution in [0.25, 0.3) is 22.1 Å². The van der Waals surface area contributed by atoms with Crippen molar-refractivity contribution in [2.45, 2.75) is 57.5 Å². The number of aromatic amines is 1. The van der Waals surface area contributed by atoms with Crippen molar-refractivity contribution in [1.82, 2.24) is 29.7 Å². The largest absolute Gasteiger partial charge is 0.392 e. The van der Waals surface area contributed by atoms with Gasteiger partial charge in [0, 0.05) is 43.7 Å². The Bertz CT molecular complexity index is 2230. The van der Waals surface area contributed by atoms with Crippen molar-refractivity contribution in [1.29, 1.82) is 0 Å². The Hall–Kier alpha value is -5.20. The molecule has 4 aromatic carbocycles. The Morgan fingerprint density at radius 3 is 2.35 bits per heavy atom. The maximum absolute atomic E-state index is 12.9. The lowest BCUT2D eigenvalue weighted by Gasteiger charge is -2.44. The van der Waals surface area contributed by atoms with E-state index < -0.39 is 6.29 Å². The molecule has 6 aromatic rings. The highest BCUT2D eigenvalue weighted by atomic mass is 16.7. The number of hydrogen-bond acceptors (Lipinski definition) is 8. The zero-order chi connectivity index (χ0) is 35.6. The van der Waals surface area contributed by atoms with E-state index in [9.17, 15) is 14.7 Å². The zero-order valence-corrected chi connectivity index (χ0v) is 29.0. The second-order valence-corrected chi connectivity index (χ2v) is 13.8. The summed E-state index contributed by atoms with van der Waals surface area (Å²) < 4.78 is 15.4. The second-order valence-electron chi connectivity index (χ2n) is 13.8. The van der Waals surface area contributed by atoms with Gasteiger partial charge in [-0.25, -0.2) is 9.78 Å². The van der Waals surface area contributed by atoms with E-state index in [0.717, 1.165) is 71.3 Å². The molecular formula is C41H42N6O5. The molecule has 3 N–H and O–H groups in total. The molecule has 2 fully saturated rings. The van der Waals surface area contributed by atoms with Crippen LogP contribution in [-0.4, -0.2) is 61.2 Å². The van der Waals surface area contributed by atoms with Crippen LogP contribution >= 0.6 is 0 Å². The van der Waals surface area contributed by atoms with Gasteiger partial charge in [0.05, 0.1) is 47.1 Å². The molecule has 4 heterocycles. The van der Waals surface area contributed by atoms with Crippen molar-refractivity contribution in [3.8, 4) is 0 Å². The maximum atomic E-state index is 12.9. The lowest BCUT2D eigenvalue weighted by atomic mass is 9.89. The molecule has 8 rings (SSSR count). The van der Waals surface area contributed by atoms with Crippen LogP contribution in [0.4, 0.5) is 0 Å². The molecule has 2 aliphatic heterocycles. The smallest absolute Gasteiger partial charge is 0.326 e. The Morgan fingerprint density at radius 1 is 0.885 bits per heavy atom. The first-order valence-electron chi connectivity index (χ1n) is 17.9. The molecular weight excluding hydrogens is 656 g/mol. The predicted octanol–water partition coefficient (Wildman–Crippen LogP) is 5.82. The van der Waals surface area contributed by atoms with E-state index in [1.54, 1.807) is 0 Å². The van der Waals surface area contributed by atoms with Gasteiger partial charge in [0.1, 0.15) is 5.69 Å². The van der Waals surface area contributed by atoms with Gasteiger partial charge in [-0.3, -0.25) is 14.3 Å². The number of ether oxygens (including phenoxy) is 2. The molecule has 1 amide bonds. The number of piperidine rings is 1. The van der Waals surface area contributed by atoms with Gasteiger partial charge in [0.25, 0.3) is 5.91 Å². The first kappa shape index (κ1) is 33.9. The number of carbonyl (C=O) groups is 1. The number of aromatic nitrogens is 4. The van der Waals surface area contributed by atoms with E-state index in [1.165, 1.54) is 6.20 Å². The van der Waals surface area contributed by atoms with Crippen molar-refractivity contribution in [3.05, 3.63) is 142 Å². The molecule has 0 spiro atoms. The summed E-state index contributed by atoms with van der Waals surface area (Å²) in [5.41, 5.74) is 7.18. The van der Waals surface area contributed by atoms with Gasteiger partial charge in [0.2, 0.25) is 0 Å². The van der Waals surface area contributed by atoms with Gasteiger partial charge in [-0.15, -0.1) is 0 Å². The topological polar surface area (TPSA) is 135 Å². The highest BCUT2D eigenvalue weighted by Crippen LogP contribution is 2.42. The number of nitrogens with one attached hydrogen (secondary N) is 2. The third kappa shape index (κ3) is 7.00. The molecule has 11 nitrogen and oxygen atoms in total. The number of rotatable bonds is 9. The first-order valence-corrected chi connectivity index (χ1v) is 17.9. The number of nitrogens with zero attached hydrogens (tertiary/aromatic N) is 4. The fraction of sp³-hybridized carbons (Fsp3) is 0.317. The Balaban J connectivity index is 0.952. The van der Waals surface area contributed by atoms with Crippen LogP contribution in [0, 0.1) is 5.92 Å². The van der Waals surface area contributed by atoms with Crippen LogP contribution in [0.15, 0.2) is 108 Å². The Kier molecular flexibility index (Phi) is 9.66. The van der Waals surface area contributed by atoms with Crippen molar-refractivity contribution in [3.63, 3.8) is 0 Å². The summed E-state index contributed by atoms with van der Waals surface area (Å²) in [5.74, 6) is -0.233. The number of aliphatic hydroxyl groups excluding tert-OH is 1. The van der Waals surface area contributed by atoms with Crippen LogP contribution in [0.5, 0.6) is 0 Å². The quantitative estimate of drug-likeness (QED) is 0.172. The molecule has 0 aliphatic carbocycles. The average molecular weight is 699 g/mol. The molecule has 0 saturated carbocycles. The minimum Gasteiger partial charge on any atom is -0.392 e. The third-order valence-corrected chi connectivity index (χ3v) is 10.5. The summed E-state index contributed by atoms with van der Waals surface area (Å²) in [4.78, 5) is 40.0. The molecule has 2 aromatic heterocycles. The summed E-state index contributed by atoms with van der Waals surface area (Å²) >= 11 is 0. The second kappa shape index (κ2) is 14.8. The fourth-order valence-corrected chi connectivity index (χ4v) is 7.51. The van der Waals surface area contributed by atoms with Crippen molar-refractivity contribution < 1.29 is 19.4 Å². The van der Waals surface area contributed by atoms with Gasteiger partial charge in [-0.1, -0.05) is 79.7 Å². The van der Waals surface area contributed by atoms with Crippen LogP contribution in [0.1, 0.15) is 70.9 Å². The number of fused-ring (bicyclic) bond motifs is 2. The minimum absolute atomic E-state index is 0.0151. The lowest BCUT2D eigenvalue weighted by Crippen LogP contribution is -2.47. The Morgan fingerprint density at radius 2 is 1.58 bits per heavy atom. The number of likely N-dealkylation sites (tertiary alicyclic amines) is 1. The first-order chi connectivity index (χ1) is 25.4. The number of hydrogen-bond donors (Lipinski definition) is 3. The van der Waals surface area contributed by atoms with Gasteiger partial charge >= 0.3 is 5.69 Å². The maximum Gasteiger partial charge on any atom is 0.326 e. The summed E-state index contributed by atoms with van der Waals surface area (Å²) in [6.45, 7) is 4.95. The van der Waals surface area contributed by atoms with E-state index in [-0.39, 0.29) is 48.1 Å². The highest BCUT2D eigenvalue weighted by Gasteiger charge is 2.39. The van der Waals surface area contributed by atoms with E-state index >= 15 is 0 Å². The number of benzene rings is 4. The highest BCUT2D eigenvalue weighted by molar-refractivity contribution is 5.93. The summed E-state index contributed by atoms with van der Waals surface area (Å²) in [7, 11) is 0. The molecule has 266 valence electrons. The SMILES string of the molecule is C[C@H]1[C@@H](CN2CCC(n3c(=O)[nH]c4ccccc43)CC2)O[C@@H](c2ccc(CNC(=O)c3cnc4ccccc4n3)cc2)O[C@H]1c1ccc(CO)cc1. The molecule has 2 saturated heterocycles. The van der Waals surface area contributed by atoms with E-state index in [0.29, 0.717) is 12.1 Å². The average Bonchev–Trinajstić information content (AvgIpc) is 3.53. The molecule has 0 bridgehead atoms. The van der Waals surface area contributed by atoms with Crippen LogP contribution in [0.2, 0.25) is 0 Å². The molecule has 0 radical (unpaired) electrons. The van der Waals surface area contributed by atoms with Crippen molar-refractivity contribution in [2.24, 2.45) is 5.92 Å². The third-order valence-electron chi connectivity index (χ3n) is 10.5. The standard InChI is InChI=1S/C41H42N6O5/c1-26-37(24-46-20-18-31(19-21-46)47-36-9-5-4-8-34(36)45-41(47)50)51-40(52-38(26)29-14-12-28(25-48)13-15-29)30-16-10-27(11-17-30)22-43-39(49)35-23-42-32-6-2-3-7-33(32)44-35/h2-17,23,26,31,37-38,40,48H,18-22,24-25H2,1H3,(H,43,49)(H,45,50)/t26-,37+,38+,40+/m0/s1. The number of para-hydroxylation sites is 4. The van der Waals surface area contributed by atoms with Gasteiger partial charge in [-0.05, 0) is 53.8 Å². The molecule has 2 aliphatic rings. The lowest BCUT2D eigenvalue weighted by molar-refractivity contribution is -0.276. The van der Waals surface area contributed by atoms with Gasteiger partial charge in [0.15, 0.2) is 6.29 Å². The van der Waals surface area contributed by atoms with Crippen LogP contribution in [0.3, 0.4) is 0 Å². The van der Waals surface area contributed by atoms with E-state index in [1.807, 2.05) is 102 Å². The summed E-state index contributed by atoms with van der Waals surface area (Å²) in [5, 5.41) is 12.6. The van der Waals surface area contributed by atoms with E-state index in [4.69, 9.17) is 9.47 Å². The number of imidazole rings is 1. The molecule has 52 heavy (non-hydrogen) atoms. The summed E-state index contributed by atoms with van der Waals surface area (Å²) in [6.07, 6.45) is 2.32. The van der Waals surface area contributed by atoms with E-state index in [2.05, 4.69) is 32.1 Å². The van der Waals surface area contributed by atoms with Crippen molar-refractivity contribution >= 4 is 28.0 Å². The monoisotopic (exact) mass is 698 g/mol. The number of carbonyl (C=O) groups excluding carboxylic acids is 1. The van der Waals surface area contributed by atoms with Crippen molar-refractivity contribution in [2.75, 3.05) is 19.6 Å². The van der Waals surface area contributed by atoms with Gasteiger partial charge < -0.3 is 29.8 Å². The fourth-order valence-electron chi connectivity index (χ4n) is 7.51. The molecule has 4 atom stereocenters. The van der Waals surface area contributed by atoms with Crippen LogP contribution in [-0.2, 0) is 22.6 Å². The van der Waals surface area contributed by atoms with Crippen LogP contribution < -0.4 is 11.0 Å². The van der Waals surface area contributed by atoms with Gasteiger partial charge in [-0.2, -0.15) is 0 Å². The number of H-pyrrole nitrogens is 1. The predicted molar refractivity (Wildman–Crippen MR) is 197 cm³/mol. The molecule has 0 unspecified atom stereocenters. The molecule has 11 heteroatoms.